The van der Waals surface area contributed by atoms with Gasteiger partial charge in [0.05, 0.1) is 10.6 Å². The molecule has 98 valence electrons. The summed E-state index contributed by atoms with van der Waals surface area (Å²) in [5.74, 6) is -2.16. The highest BCUT2D eigenvalue weighted by Gasteiger charge is 2.14. The molecule has 19 heavy (non-hydrogen) atoms. The molecule has 6 heteroatoms. The molecule has 0 unspecified atom stereocenters. The van der Waals surface area contributed by atoms with E-state index in [1.807, 2.05) is 0 Å². The fourth-order valence-corrected chi connectivity index (χ4v) is 1.67. The third-order valence-corrected chi connectivity index (χ3v) is 2.73. The van der Waals surface area contributed by atoms with E-state index in [4.69, 9.17) is 11.6 Å². The van der Waals surface area contributed by atoms with Crippen LogP contribution in [-0.2, 0) is 0 Å². The Morgan fingerprint density at radius 1 is 1.21 bits per heavy atom. The molecule has 0 aliphatic carbocycles. The molecule has 0 atom stereocenters. The molecule has 0 fully saturated rings. The number of carbonyl (C=O) groups is 1. The summed E-state index contributed by atoms with van der Waals surface area (Å²) in [6, 6.07) is 7.70. The van der Waals surface area contributed by atoms with Crippen LogP contribution in [0, 0.1) is 5.82 Å². The quantitative estimate of drug-likeness (QED) is 0.741. The monoisotopic (exact) mass is 281 g/mol. The predicted octanol–water partition coefficient (Wildman–Crippen LogP) is 3.14. The number of phenols is 2. The Bertz CT molecular complexity index is 646. The van der Waals surface area contributed by atoms with E-state index >= 15 is 0 Å². The van der Waals surface area contributed by atoms with Crippen molar-refractivity contribution in [1.82, 2.24) is 0 Å². The van der Waals surface area contributed by atoms with Crippen molar-refractivity contribution >= 4 is 23.2 Å². The lowest BCUT2D eigenvalue weighted by atomic mass is 10.1. The van der Waals surface area contributed by atoms with Gasteiger partial charge in [0.15, 0.2) is 11.5 Å². The lowest BCUT2D eigenvalue weighted by molar-refractivity contribution is 0.102. The van der Waals surface area contributed by atoms with Crippen LogP contribution in [0.3, 0.4) is 0 Å². The van der Waals surface area contributed by atoms with Crippen LogP contribution in [0.1, 0.15) is 10.4 Å². The number of aromatic hydroxyl groups is 2. The van der Waals surface area contributed by atoms with E-state index in [0.717, 1.165) is 6.07 Å². The van der Waals surface area contributed by atoms with Gasteiger partial charge in [-0.1, -0.05) is 17.7 Å². The first-order valence-electron chi connectivity index (χ1n) is 5.26. The van der Waals surface area contributed by atoms with Crippen LogP contribution in [0.25, 0.3) is 0 Å². The summed E-state index contributed by atoms with van der Waals surface area (Å²) in [5, 5.41) is 21.1. The van der Waals surface area contributed by atoms with E-state index in [1.54, 1.807) is 0 Å². The molecule has 0 radical (unpaired) electrons. The Morgan fingerprint density at radius 3 is 2.63 bits per heavy atom. The van der Waals surface area contributed by atoms with Crippen LogP contribution in [0.2, 0.25) is 5.02 Å². The molecule has 2 rings (SSSR count). The Labute approximate surface area is 113 Å². The van der Waals surface area contributed by atoms with E-state index in [1.165, 1.54) is 30.3 Å². The molecule has 0 aliphatic heterocycles. The molecule has 1 amide bonds. The summed E-state index contributed by atoms with van der Waals surface area (Å²) in [6.07, 6.45) is 0. The van der Waals surface area contributed by atoms with Crippen LogP contribution >= 0.6 is 11.6 Å². The Morgan fingerprint density at radius 2 is 1.95 bits per heavy atom. The molecule has 0 spiro atoms. The Hall–Kier alpha value is -2.27. The van der Waals surface area contributed by atoms with Crippen molar-refractivity contribution in [2.75, 3.05) is 5.32 Å². The van der Waals surface area contributed by atoms with Gasteiger partial charge >= 0.3 is 0 Å². The van der Waals surface area contributed by atoms with Crippen molar-refractivity contribution in [3.8, 4) is 11.5 Å². The van der Waals surface area contributed by atoms with Gasteiger partial charge in [-0.15, -0.1) is 0 Å². The highest BCUT2D eigenvalue weighted by atomic mass is 35.5. The second-order valence-corrected chi connectivity index (χ2v) is 4.16. The summed E-state index contributed by atoms with van der Waals surface area (Å²) in [5.41, 5.74) is 0.180. The van der Waals surface area contributed by atoms with Crippen molar-refractivity contribution in [3.05, 3.63) is 52.8 Å². The van der Waals surface area contributed by atoms with Gasteiger partial charge in [0.2, 0.25) is 0 Å². The molecule has 0 aliphatic rings. The number of rotatable bonds is 2. The average Bonchev–Trinajstić information content (AvgIpc) is 2.37. The summed E-state index contributed by atoms with van der Waals surface area (Å²) in [4.78, 5) is 11.9. The van der Waals surface area contributed by atoms with Gasteiger partial charge in [0.25, 0.3) is 5.91 Å². The molecular weight excluding hydrogens is 273 g/mol. The number of phenolic OH excluding ortho intramolecular Hbond substituents is 2. The largest absolute Gasteiger partial charge is 0.504 e. The number of amides is 1. The number of anilines is 1. The normalized spacial score (nSPS) is 10.2. The average molecular weight is 282 g/mol. The molecule has 0 saturated heterocycles. The number of carbonyl (C=O) groups excluding carboxylic acids is 1. The van der Waals surface area contributed by atoms with Crippen LogP contribution in [-0.4, -0.2) is 16.1 Å². The zero-order chi connectivity index (χ0) is 14.0. The number of halogens is 2. The second-order valence-electron chi connectivity index (χ2n) is 3.76. The van der Waals surface area contributed by atoms with Crippen molar-refractivity contribution in [3.63, 3.8) is 0 Å². The fraction of sp³-hybridized carbons (Fsp3) is 0. The fourth-order valence-electron chi connectivity index (χ4n) is 1.49. The van der Waals surface area contributed by atoms with Crippen molar-refractivity contribution < 1.29 is 19.4 Å². The number of hydrogen-bond donors (Lipinski definition) is 3. The highest BCUT2D eigenvalue weighted by Crippen LogP contribution is 2.29. The summed E-state index contributed by atoms with van der Waals surface area (Å²) >= 11 is 5.58. The molecule has 2 aromatic carbocycles. The van der Waals surface area contributed by atoms with Crippen LogP contribution < -0.4 is 5.32 Å². The first kappa shape index (κ1) is 13.2. The number of benzene rings is 2. The van der Waals surface area contributed by atoms with Crippen molar-refractivity contribution in [2.45, 2.75) is 0 Å². The summed E-state index contributed by atoms with van der Waals surface area (Å²) in [7, 11) is 0. The van der Waals surface area contributed by atoms with E-state index in [2.05, 4.69) is 5.32 Å². The zero-order valence-corrected chi connectivity index (χ0v) is 10.3. The van der Waals surface area contributed by atoms with E-state index in [-0.39, 0.29) is 16.3 Å². The SMILES string of the molecule is O=C(Nc1ccc(F)c(Cl)c1)c1cccc(O)c1O. The maximum Gasteiger partial charge on any atom is 0.259 e. The lowest BCUT2D eigenvalue weighted by Crippen LogP contribution is -2.12. The summed E-state index contributed by atoms with van der Waals surface area (Å²) in [6.45, 7) is 0. The van der Waals surface area contributed by atoms with E-state index in [9.17, 15) is 19.4 Å². The zero-order valence-electron chi connectivity index (χ0n) is 9.52. The molecular formula is C13H9ClFNO3. The third-order valence-electron chi connectivity index (χ3n) is 2.44. The van der Waals surface area contributed by atoms with Gasteiger partial charge in [-0.3, -0.25) is 4.79 Å². The summed E-state index contributed by atoms with van der Waals surface area (Å²) < 4.78 is 13.0. The molecule has 3 N–H and O–H groups in total. The maximum absolute atomic E-state index is 13.0. The number of hydrogen-bond acceptors (Lipinski definition) is 3. The van der Waals surface area contributed by atoms with Crippen molar-refractivity contribution in [2.24, 2.45) is 0 Å². The van der Waals surface area contributed by atoms with Crippen molar-refractivity contribution in [1.29, 1.82) is 0 Å². The predicted molar refractivity (Wildman–Crippen MR) is 69.1 cm³/mol. The first-order valence-corrected chi connectivity index (χ1v) is 5.64. The molecule has 4 nitrogen and oxygen atoms in total. The number of para-hydroxylation sites is 1. The molecule has 2 aromatic rings. The molecule has 0 aromatic heterocycles. The van der Waals surface area contributed by atoms with Gasteiger partial charge in [-0.25, -0.2) is 4.39 Å². The minimum absolute atomic E-state index is 0.0968. The minimum Gasteiger partial charge on any atom is -0.504 e. The number of nitrogens with one attached hydrogen (secondary N) is 1. The van der Waals surface area contributed by atoms with Crippen LogP contribution in [0.5, 0.6) is 11.5 Å². The Kier molecular flexibility index (Phi) is 3.57. The van der Waals surface area contributed by atoms with Gasteiger partial charge < -0.3 is 15.5 Å². The van der Waals surface area contributed by atoms with E-state index < -0.39 is 23.2 Å². The highest BCUT2D eigenvalue weighted by molar-refractivity contribution is 6.31. The van der Waals surface area contributed by atoms with Crippen LogP contribution in [0.4, 0.5) is 10.1 Å². The Balaban J connectivity index is 2.26. The lowest BCUT2D eigenvalue weighted by Gasteiger charge is -2.08. The second kappa shape index (κ2) is 5.16. The minimum atomic E-state index is -0.643. The maximum atomic E-state index is 13.0. The molecule has 0 saturated carbocycles. The first-order chi connectivity index (χ1) is 8.99. The van der Waals surface area contributed by atoms with Gasteiger partial charge in [0, 0.05) is 5.69 Å². The third kappa shape index (κ3) is 2.77. The molecule has 0 bridgehead atoms. The molecule has 0 heterocycles. The standard InChI is InChI=1S/C13H9ClFNO3/c14-9-6-7(4-5-10(9)15)16-13(19)8-2-1-3-11(17)12(8)18/h1-6,17-18H,(H,16,19). The topological polar surface area (TPSA) is 69.6 Å². The van der Waals surface area contributed by atoms with Gasteiger partial charge in [-0.05, 0) is 30.3 Å². The van der Waals surface area contributed by atoms with E-state index in [0.29, 0.717) is 0 Å². The smallest absolute Gasteiger partial charge is 0.259 e. The van der Waals surface area contributed by atoms with Crippen LogP contribution in [0.15, 0.2) is 36.4 Å². The van der Waals surface area contributed by atoms with Gasteiger partial charge in [0.1, 0.15) is 5.82 Å². The van der Waals surface area contributed by atoms with Gasteiger partial charge in [-0.2, -0.15) is 0 Å².